The molecule has 1 aliphatic heterocycles. The van der Waals surface area contributed by atoms with E-state index in [0.717, 1.165) is 44.4 Å². The summed E-state index contributed by atoms with van der Waals surface area (Å²) in [5.41, 5.74) is 0.454. The van der Waals surface area contributed by atoms with E-state index in [4.69, 9.17) is 4.74 Å². The number of nitrogens with zero attached hydrogens (tertiary/aromatic N) is 3. The van der Waals surface area contributed by atoms with Gasteiger partial charge in [-0.2, -0.15) is 0 Å². The van der Waals surface area contributed by atoms with Crippen LogP contribution in [0.15, 0.2) is 48.7 Å². The summed E-state index contributed by atoms with van der Waals surface area (Å²) in [7, 11) is 0. The normalized spacial score (nSPS) is 18.8. The molecule has 0 N–H and O–H groups in total. The highest BCUT2D eigenvalue weighted by Gasteiger charge is 2.28. The molecule has 1 aromatic heterocycles. The summed E-state index contributed by atoms with van der Waals surface area (Å²) in [5.74, 6) is 1.39. The number of carbonyl (C=O) groups excluding carboxylic acids is 1. The fraction of sp³-hybridized carbons (Fsp3) is 0.429. The maximum atomic E-state index is 12.9. The molecule has 1 amide bonds. The maximum absolute atomic E-state index is 12.9. The van der Waals surface area contributed by atoms with Gasteiger partial charge in [-0.25, -0.2) is 0 Å². The smallest absolute Gasteiger partial charge is 0.272 e. The van der Waals surface area contributed by atoms with Crippen molar-refractivity contribution in [2.75, 3.05) is 26.2 Å². The maximum Gasteiger partial charge on any atom is 0.272 e. The molecule has 2 aliphatic rings. The van der Waals surface area contributed by atoms with Gasteiger partial charge in [0, 0.05) is 44.5 Å². The number of rotatable bonds is 4. The van der Waals surface area contributed by atoms with Crippen LogP contribution in [0, 0.1) is 0 Å². The Bertz CT molecular complexity index is 746. The largest absolute Gasteiger partial charge is 0.457 e. The lowest BCUT2D eigenvalue weighted by Gasteiger charge is -2.36. The summed E-state index contributed by atoms with van der Waals surface area (Å²) in [4.78, 5) is 21.7. The summed E-state index contributed by atoms with van der Waals surface area (Å²) in [6.45, 7) is 3.64. The highest BCUT2D eigenvalue weighted by atomic mass is 16.5. The number of benzene rings is 1. The molecule has 4 rings (SSSR count). The van der Waals surface area contributed by atoms with Crippen molar-refractivity contribution >= 4 is 5.91 Å². The van der Waals surface area contributed by atoms with Gasteiger partial charge in [0.25, 0.3) is 5.91 Å². The van der Waals surface area contributed by atoms with E-state index in [-0.39, 0.29) is 5.91 Å². The van der Waals surface area contributed by atoms with Crippen molar-refractivity contribution in [1.82, 2.24) is 14.8 Å². The quantitative estimate of drug-likeness (QED) is 0.845. The van der Waals surface area contributed by atoms with Gasteiger partial charge in [-0.3, -0.25) is 14.7 Å². The van der Waals surface area contributed by atoms with Crippen LogP contribution in [0.1, 0.15) is 36.2 Å². The minimum atomic E-state index is -0.000953. The molecular formula is C21H25N3O2. The number of aromatic nitrogens is 1. The molecule has 2 heterocycles. The Morgan fingerprint density at radius 3 is 2.58 bits per heavy atom. The first kappa shape index (κ1) is 17.0. The Morgan fingerprint density at radius 1 is 0.962 bits per heavy atom. The Kier molecular flexibility index (Phi) is 5.16. The summed E-state index contributed by atoms with van der Waals surface area (Å²) in [5, 5.41) is 0. The number of ether oxygens (including phenoxy) is 1. The Labute approximate surface area is 154 Å². The highest BCUT2D eigenvalue weighted by molar-refractivity contribution is 5.92. The topological polar surface area (TPSA) is 45.7 Å². The van der Waals surface area contributed by atoms with Gasteiger partial charge in [0.2, 0.25) is 0 Å². The predicted octanol–water partition coefficient (Wildman–Crippen LogP) is 3.57. The van der Waals surface area contributed by atoms with E-state index in [2.05, 4.69) is 9.88 Å². The zero-order chi connectivity index (χ0) is 17.8. The Hall–Kier alpha value is -2.40. The molecule has 26 heavy (non-hydrogen) atoms. The molecule has 0 unspecified atom stereocenters. The molecule has 2 aromatic rings. The summed E-state index contributed by atoms with van der Waals surface area (Å²) in [6, 6.07) is 13.8. The van der Waals surface area contributed by atoms with Crippen molar-refractivity contribution in [2.45, 2.75) is 31.7 Å². The zero-order valence-electron chi connectivity index (χ0n) is 15.0. The second kappa shape index (κ2) is 7.87. The van der Waals surface area contributed by atoms with E-state index >= 15 is 0 Å². The molecule has 5 heteroatoms. The van der Waals surface area contributed by atoms with Crippen molar-refractivity contribution in [1.29, 1.82) is 0 Å². The number of amides is 1. The van der Waals surface area contributed by atoms with Crippen LogP contribution in [0.4, 0.5) is 0 Å². The number of pyridine rings is 1. The molecule has 1 aromatic carbocycles. The standard InChI is InChI=1S/C21H25N3O2/c25-21(24-13-5-12-23(14-15-24)17-6-4-7-17)20-16-19(10-11-22-20)26-18-8-2-1-3-9-18/h1-3,8-11,16-17H,4-7,12-15H2. The molecule has 2 fully saturated rings. The zero-order valence-corrected chi connectivity index (χ0v) is 15.0. The van der Waals surface area contributed by atoms with Crippen molar-refractivity contribution in [2.24, 2.45) is 0 Å². The number of para-hydroxylation sites is 1. The second-order valence-corrected chi connectivity index (χ2v) is 7.06. The van der Waals surface area contributed by atoms with Crippen LogP contribution < -0.4 is 4.74 Å². The van der Waals surface area contributed by atoms with Gasteiger partial charge < -0.3 is 9.64 Å². The molecule has 1 aliphatic carbocycles. The minimum Gasteiger partial charge on any atom is -0.457 e. The third kappa shape index (κ3) is 3.88. The summed E-state index contributed by atoms with van der Waals surface area (Å²) in [6.07, 6.45) is 6.65. The Balaban J connectivity index is 1.41. The van der Waals surface area contributed by atoms with Gasteiger partial charge in [-0.1, -0.05) is 24.6 Å². The molecule has 0 bridgehead atoms. The number of hydrogen-bond acceptors (Lipinski definition) is 4. The third-order valence-corrected chi connectivity index (χ3v) is 5.34. The first-order chi connectivity index (χ1) is 12.8. The van der Waals surface area contributed by atoms with E-state index in [9.17, 15) is 4.79 Å². The molecule has 0 atom stereocenters. The van der Waals surface area contributed by atoms with Crippen molar-refractivity contribution < 1.29 is 9.53 Å². The molecule has 1 saturated heterocycles. The second-order valence-electron chi connectivity index (χ2n) is 7.06. The van der Waals surface area contributed by atoms with Crippen molar-refractivity contribution in [3.63, 3.8) is 0 Å². The third-order valence-electron chi connectivity index (χ3n) is 5.34. The van der Waals surface area contributed by atoms with Crippen LogP contribution in [0.5, 0.6) is 11.5 Å². The molecule has 5 nitrogen and oxygen atoms in total. The first-order valence-electron chi connectivity index (χ1n) is 9.52. The number of hydrogen-bond donors (Lipinski definition) is 0. The van der Waals surface area contributed by atoms with Crippen molar-refractivity contribution in [3.05, 3.63) is 54.4 Å². The van der Waals surface area contributed by atoms with Crippen LogP contribution in [-0.2, 0) is 0 Å². The van der Waals surface area contributed by atoms with Gasteiger partial charge in [-0.05, 0) is 37.5 Å². The van der Waals surface area contributed by atoms with E-state index < -0.39 is 0 Å². The van der Waals surface area contributed by atoms with E-state index in [1.165, 1.54) is 19.3 Å². The van der Waals surface area contributed by atoms with E-state index in [0.29, 0.717) is 11.4 Å². The SMILES string of the molecule is O=C(c1cc(Oc2ccccc2)ccn1)N1CCCN(C2CCC2)CC1. The lowest BCUT2D eigenvalue weighted by Crippen LogP contribution is -2.42. The lowest BCUT2D eigenvalue weighted by atomic mass is 9.91. The molecule has 136 valence electrons. The fourth-order valence-electron chi connectivity index (χ4n) is 3.64. The van der Waals surface area contributed by atoms with Crippen molar-refractivity contribution in [3.8, 4) is 11.5 Å². The average molecular weight is 351 g/mol. The van der Waals surface area contributed by atoms with Gasteiger partial charge in [0.05, 0.1) is 0 Å². The summed E-state index contributed by atoms with van der Waals surface area (Å²) < 4.78 is 5.83. The van der Waals surface area contributed by atoms with E-state index in [1.807, 2.05) is 35.2 Å². The predicted molar refractivity (Wildman–Crippen MR) is 100 cm³/mol. The van der Waals surface area contributed by atoms with Crippen LogP contribution >= 0.6 is 0 Å². The minimum absolute atomic E-state index is 0.000953. The molecule has 0 radical (unpaired) electrons. The summed E-state index contributed by atoms with van der Waals surface area (Å²) >= 11 is 0. The lowest BCUT2D eigenvalue weighted by molar-refractivity contribution is 0.0743. The Morgan fingerprint density at radius 2 is 1.81 bits per heavy atom. The van der Waals surface area contributed by atoms with E-state index in [1.54, 1.807) is 18.3 Å². The average Bonchev–Trinajstić information content (AvgIpc) is 2.87. The fourth-order valence-corrected chi connectivity index (χ4v) is 3.64. The molecule has 0 spiro atoms. The molecular weight excluding hydrogens is 326 g/mol. The van der Waals surface area contributed by atoms with Crippen LogP contribution in [-0.4, -0.2) is 52.9 Å². The van der Waals surface area contributed by atoms with Gasteiger partial charge in [0.1, 0.15) is 17.2 Å². The first-order valence-corrected chi connectivity index (χ1v) is 9.52. The number of carbonyl (C=O) groups is 1. The van der Waals surface area contributed by atoms with Gasteiger partial charge >= 0.3 is 0 Å². The van der Waals surface area contributed by atoms with Gasteiger partial charge in [-0.15, -0.1) is 0 Å². The molecule has 1 saturated carbocycles. The highest BCUT2D eigenvalue weighted by Crippen LogP contribution is 2.26. The van der Waals surface area contributed by atoms with Crippen LogP contribution in [0.25, 0.3) is 0 Å². The van der Waals surface area contributed by atoms with Crippen LogP contribution in [0.2, 0.25) is 0 Å². The van der Waals surface area contributed by atoms with Gasteiger partial charge in [0.15, 0.2) is 0 Å². The van der Waals surface area contributed by atoms with Crippen LogP contribution in [0.3, 0.4) is 0 Å². The monoisotopic (exact) mass is 351 g/mol.